The second-order valence-corrected chi connectivity index (χ2v) is 43.0. The van der Waals surface area contributed by atoms with Crippen molar-refractivity contribution in [2.24, 2.45) is 81.8 Å². The molecule has 500 valence electrons. The van der Waals surface area contributed by atoms with E-state index in [0.29, 0.717) is 64.9 Å². The molecule has 8 nitrogen and oxygen atoms in total. The lowest BCUT2D eigenvalue weighted by molar-refractivity contribution is -0.141. The minimum atomic E-state index is -1.90. The predicted octanol–water partition coefficient (Wildman–Crippen LogP) is 20.0. The maximum absolute atomic E-state index is 12.3. The minimum Gasteiger partial charge on any atom is -0.458 e. The van der Waals surface area contributed by atoms with E-state index in [9.17, 15) is 19.8 Å². The fraction of sp³-hybridized carbons (Fsp3) is 0.763. The van der Waals surface area contributed by atoms with Crippen LogP contribution in [0, 0.1) is 94.2 Å². The van der Waals surface area contributed by atoms with Crippen LogP contribution in [0.15, 0.2) is 83.0 Å². The van der Waals surface area contributed by atoms with Crippen molar-refractivity contribution in [3.05, 3.63) is 83.0 Å². The van der Waals surface area contributed by atoms with Crippen LogP contribution in [0.2, 0.25) is 36.3 Å². The number of hydrogen-bond donors (Lipinski definition) is 2. The molecule has 0 aromatic rings. The summed E-state index contributed by atoms with van der Waals surface area (Å²) in [5, 5.41) is 21.2. The molecule has 2 N–H and O–H groups in total. The fourth-order valence-electron chi connectivity index (χ4n) is 16.5. The second kappa shape index (κ2) is 31.5. The van der Waals surface area contributed by atoms with Gasteiger partial charge in [0, 0.05) is 41.2 Å². The average molecular weight is 1320 g/mol. The molecule has 0 amide bonds. The van der Waals surface area contributed by atoms with Crippen molar-refractivity contribution in [1.29, 1.82) is 0 Å². The number of hydrogen-bond acceptors (Lipinski definition) is 8. The number of terminal acetylenes is 1. The lowest BCUT2D eigenvalue weighted by Gasteiger charge is -2.45. The van der Waals surface area contributed by atoms with Crippen LogP contribution in [0.25, 0.3) is 0 Å². The number of rotatable bonds is 19. The molecule has 0 aromatic heterocycles. The highest BCUT2D eigenvalue weighted by Crippen LogP contribution is 2.62. The predicted molar refractivity (Wildman–Crippen MR) is 375 cm³/mol. The largest absolute Gasteiger partial charge is 0.458 e. The Bertz CT molecular complexity index is 2560. The van der Waals surface area contributed by atoms with Crippen molar-refractivity contribution in [1.82, 2.24) is 0 Å². The van der Waals surface area contributed by atoms with Gasteiger partial charge in [0.15, 0.2) is 16.6 Å². The van der Waals surface area contributed by atoms with Gasteiger partial charge in [0.2, 0.25) is 0 Å². The van der Waals surface area contributed by atoms with E-state index in [1.165, 1.54) is 63.4 Å². The Kier molecular flexibility index (Phi) is 27.9. The third kappa shape index (κ3) is 18.0. The molecule has 0 bridgehead atoms. The summed E-state index contributed by atoms with van der Waals surface area (Å²) in [6.07, 6.45) is 28.3. The number of allylic oxidation sites excluding steroid dienone is 4. The molecule has 2 aliphatic heterocycles. The Morgan fingerprint density at radius 3 is 1.55 bits per heavy atom. The highest BCUT2D eigenvalue weighted by atomic mass is 79.9. The zero-order valence-electron chi connectivity index (χ0n) is 59.1. The van der Waals surface area contributed by atoms with Crippen molar-refractivity contribution in [2.75, 3.05) is 0 Å². The molecular weight excluding hydrogens is 1200 g/mol. The van der Waals surface area contributed by atoms with Gasteiger partial charge in [-0.15, -0.1) is 18.9 Å². The maximum Gasteiger partial charge on any atom is 0.334 e. The van der Waals surface area contributed by atoms with E-state index in [1.807, 2.05) is 13.0 Å². The average Bonchev–Trinajstić information content (AvgIpc) is 1.77. The Morgan fingerprint density at radius 2 is 1.14 bits per heavy atom. The van der Waals surface area contributed by atoms with Crippen LogP contribution >= 0.6 is 15.9 Å². The van der Waals surface area contributed by atoms with Gasteiger partial charge < -0.3 is 28.5 Å². The SMILES string of the molecule is C#CC[C@@H](O[Si](C)(C)C(C)(C)C)[C@H](C)[C@@H](C=C)O[Si](C)(C)C(C)(C)C.C=C1/C(=C\C=C2/CCC[C@]3(C)[C@@H]([C@H](C)C[C@@H]4OC(=O)C(=C)[C@H]4CC(C)C)CC[C@@H]23)C[C@@H](O)[C@H](C)[C@@H]1O.C=C1C(=O)O[C@@H](C[C@@H](C)[C@H]2CC[C@H]3/C(=C/Br)CCC[C@]23C)[C@@H]1CC(C)C.F. The molecule has 7 fully saturated rings. The third-order valence-corrected chi connectivity index (χ3v) is 33.6. The monoisotopic (exact) mass is 1320 g/mol. The Hall–Kier alpha value is -2.64. The van der Waals surface area contributed by atoms with E-state index in [2.05, 4.69) is 195 Å². The molecule has 0 spiro atoms. The van der Waals surface area contributed by atoms with Gasteiger partial charge in [-0.1, -0.05) is 176 Å². The molecule has 5 saturated carbocycles. The van der Waals surface area contributed by atoms with E-state index in [0.717, 1.165) is 55.1 Å². The third-order valence-electron chi connectivity index (χ3n) is 24.0. The number of fused-ring (bicyclic) bond motifs is 2. The molecular formula is C76H126BrFO8Si2. The zero-order chi connectivity index (χ0) is 65.7. The van der Waals surface area contributed by atoms with Gasteiger partial charge in [-0.25, -0.2) is 9.59 Å². The summed E-state index contributed by atoms with van der Waals surface area (Å²) in [5.74, 6) is 7.59. The van der Waals surface area contributed by atoms with Crippen molar-refractivity contribution in [3.8, 4) is 12.3 Å². The normalized spacial score (nSPS) is 34.2. The first-order valence-corrected chi connectivity index (χ1v) is 40.9. The Labute approximate surface area is 547 Å². The molecule has 12 heteroatoms. The smallest absolute Gasteiger partial charge is 0.334 e. The highest BCUT2D eigenvalue weighted by Gasteiger charge is 2.54. The van der Waals surface area contributed by atoms with E-state index in [-0.39, 0.29) is 80.2 Å². The van der Waals surface area contributed by atoms with E-state index in [4.69, 9.17) is 24.7 Å². The van der Waals surface area contributed by atoms with Crippen LogP contribution < -0.4 is 0 Å². The van der Waals surface area contributed by atoms with Gasteiger partial charge >= 0.3 is 11.9 Å². The van der Waals surface area contributed by atoms with Gasteiger partial charge in [0.1, 0.15) is 12.2 Å². The molecule has 7 rings (SSSR count). The first kappa shape index (κ1) is 77.8. The molecule has 0 aromatic carbocycles. The Morgan fingerprint density at radius 1 is 0.705 bits per heavy atom. The quantitative estimate of drug-likeness (QED) is 0.0433. The number of carbonyl (C=O) groups excluding carboxylic acids is 2. The summed E-state index contributed by atoms with van der Waals surface area (Å²) in [7, 11) is -3.78. The summed E-state index contributed by atoms with van der Waals surface area (Å²) in [6, 6.07) is 0. The van der Waals surface area contributed by atoms with Crippen LogP contribution in [-0.2, 0) is 27.9 Å². The van der Waals surface area contributed by atoms with Crippen molar-refractivity contribution < 1.29 is 42.8 Å². The van der Waals surface area contributed by atoms with Crippen LogP contribution in [0.5, 0.6) is 0 Å². The topological polar surface area (TPSA) is 112 Å². The standard InChI is InChI=1S/C32H48O4.C23H35BrO2.C21H42O2Si2.FH/c1-18(2)15-25-21(5)31(35)36-29(25)16-19(3)26-12-13-27-23(9-8-14-32(26,27)7)10-11-24-17-28(33)22(6)30(34)20(24)4;1-14(2)11-18-16(4)22(25)26-21(18)12-15(3)19-8-9-20-17(13-24)7-6-10-23(19,20)5;1-14-16-19(23-25(12,13)21(7,8)9)17(3)18(15-2)22-24(10,11)20(4,5)6;/h10-11,18-19,22,25-30,33-34H,4-5,8-9,12-17H2,1-3,6-7H3;13-15,18-21H,4,6-12H2,1-3,5H3;1,15,17-19H,2,16H2,3-13H3;1H/b23-10+,24-11-;17-13+;;/t19-,22+,25-,26-,27+,28-,29+,30-,32-;15-,18-,19-,20+,21+,23-;17-,18-,19-;/m111./s1. The fourth-order valence-corrected chi connectivity index (χ4v) is 19.8. The molecule has 5 aliphatic carbocycles. The van der Waals surface area contributed by atoms with E-state index >= 15 is 0 Å². The van der Waals surface area contributed by atoms with Crippen LogP contribution in [0.3, 0.4) is 0 Å². The van der Waals surface area contributed by atoms with Crippen molar-refractivity contribution in [2.45, 2.75) is 286 Å². The van der Waals surface area contributed by atoms with Crippen LogP contribution in [-0.4, -0.2) is 75.4 Å². The molecule has 2 heterocycles. The summed E-state index contributed by atoms with van der Waals surface area (Å²) >= 11 is 3.61. The molecule has 18 atom stereocenters. The van der Waals surface area contributed by atoms with Crippen LogP contribution in [0.4, 0.5) is 4.70 Å². The number of cyclic esters (lactones) is 2. The second-order valence-electron chi connectivity index (χ2n) is 33.0. The summed E-state index contributed by atoms with van der Waals surface area (Å²) in [4.78, 5) is 26.6. The van der Waals surface area contributed by atoms with Gasteiger partial charge in [-0.2, -0.15) is 0 Å². The van der Waals surface area contributed by atoms with Gasteiger partial charge in [0.25, 0.3) is 0 Å². The molecule has 2 saturated heterocycles. The molecule has 7 aliphatic rings. The number of carbonyl (C=O) groups is 2. The number of esters is 2. The van der Waals surface area contributed by atoms with Gasteiger partial charge in [0.05, 0.1) is 24.4 Å². The highest BCUT2D eigenvalue weighted by molar-refractivity contribution is 9.11. The molecule has 0 radical (unpaired) electrons. The maximum atomic E-state index is 12.3. The Balaban J connectivity index is 0.000000288. The molecule has 0 unspecified atom stereocenters. The van der Waals surface area contributed by atoms with Crippen molar-refractivity contribution in [3.63, 3.8) is 0 Å². The number of aliphatic hydroxyl groups is 2. The number of halogens is 2. The summed E-state index contributed by atoms with van der Waals surface area (Å²) < 4.78 is 24.9. The first-order chi connectivity index (χ1) is 40.2. The lowest BCUT2D eigenvalue weighted by atomic mass is 9.60. The summed E-state index contributed by atoms with van der Waals surface area (Å²) in [6.45, 7) is 61.6. The van der Waals surface area contributed by atoms with Crippen LogP contribution in [0.1, 0.15) is 214 Å². The molecule has 88 heavy (non-hydrogen) atoms. The van der Waals surface area contributed by atoms with Gasteiger partial charge in [-0.05, 0) is 207 Å². The van der Waals surface area contributed by atoms with E-state index < -0.39 is 28.8 Å². The zero-order valence-corrected chi connectivity index (χ0v) is 62.6. The number of ether oxygens (including phenoxy) is 2. The first-order valence-electron chi connectivity index (χ1n) is 34.2. The summed E-state index contributed by atoms with van der Waals surface area (Å²) in [5.41, 5.74) is 6.90. The van der Waals surface area contributed by atoms with Crippen molar-refractivity contribution >= 4 is 44.5 Å². The lowest BCUT2D eigenvalue weighted by Crippen LogP contribution is -2.50. The number of aliphatic hydroxyl groups excluding tert-OH is 2. The minimum absolute atomic E-state index is 0. The van der Waals surface area contributed by atoms with Gasteiger partial charge in [-0.3, -0.25) is 4.70 Å². The van der Waals surface area contributed by atoms with E-state index in [1.54, 1.807) is 5.57 Å².